The van der Waals surface area contributed by atoms with Crippen LogP contribution in [0, 0.1) is 6.92 Å². The summed E-state index contributed by atoms with van der Waals surface area (Å²) in [6, 6.07) is 13.5. The van der Waals surface area contributed by atoms with E-state index in [-0.39, 0.29) is 18.8 Å². The minimum Gasteiger partial charge on any atom is -0.394 e. The maximum Gasteiger partial charge on any atom is 0.0854 e. The van der Waals surface area contributed by atoms with Crippen LogP contribution >= 0.6 is 0 Å². The van der Waals surface area contributed by atoms with E-state index in [1.54, 1.807) is 0 Å². The van der Waals surface area contributed by atoms with Gasteiger partial charge in [0.2, 0.25) is 0 Å². The minimum absolute atomic E-state index is 0.0362. The SMILES string of the molecule is CCc1ccc(Cc2cc(C3CC(O)CC(CO)O3)cc(C3CC3)c2C)cc1. The summed E-state index contributed by atoms with van der Waals surface area (Å²) in [6.45, 7) is 4.40. The largest absolute Gasteiger partial charge is 0.394 e. The van der Waals surface area contributed by atoms with Gasteiger partial charge in [0.1, 0.15) is 0 Å². The lowest BCUT2D eigenvalue weighted by Crippen LogP contribution is -2.33. The fourth-order valence-corrected chi connectivity index (χ4v) is 4.45. The fourth-order valence-electron chi connectivity index (χ4n) is 4.45. The molecule has 1 aliphatic carbocycles. The van der Waals surface area contributed by atoms with Gasteiger partial charge in [-0.3, -0.25) is 0 Å². The molecule has 3 atom stereocenters. The zero-order chi connectivity index (χ0) is 19.7. The minimum atomic E-state index is -0.411. The van der Waals surface area contributed by atoms with Crippen molar-refractivity contribution in [1.82, 2.24) is 0 Å². The van der Waals surface area contributed by atoms with E-state index in [4.69, 9.17) is 4.74 Å². The van der Waals surface area contributed by atoms with Crippen molar-refractivity contribution in [2.75, 3.05) is 6.61 Å². The molecule has 2 N–H and O–H groups in total. The molecule has 1 saturated carbocycles. The Labute approximate surface area is 168 Å². The van der Waals surface area contributed by atoms with Crippen LogP contribution in [-0.2, 0) is 17.6 Å². The standard InChI is InChI=1S/C25H32O3/c1-3-17-4-6-18(7-5-17)10-20-11-21(12-24(16(20)2)19-8-9-19)25-14-22(27)13-23(15-26)28-25/h4-7,11-12,19,22-23,25-27H,3,8-10,13-15H2,1-2H3. The molecule has 3 nitrogen and oxygen atoms in total. The second kappa shape index (κ2) is 8.36. The molecule has 2 aromatic rings. The number of aryl methyl sites for hydroxylation is 1. The normalized spacial score (nSPS) is 25.1. The number of rotatable bonds is 6. The van der Waals surface area contributed by atoms with Crippen molar-refractivity contribution in [3.63, 3.8) is 0 Å². The molecule has 3 heteroatoms. The van der Waals surface area contributed by atoms with E-state index in [0.29, 0.717) is 18.8 Å². The number of hydrogen-bond donors (Lipinski definition) is 2. The predicted molar refractivity (Wildman–Crippen MR) is 112 cm³/mol. The highest BCUT2D eigenvalue weighted by Gasteiger charge is 2.32. The first-order valence-electron chi connectivity index (χ1n) is 10.7. The maximum atomic E-state index is 10.3. The van der Waals surface area contributed by atoms with E-state index in [1.807, 2.05) is 0 Å². The van der Waals surface area contributed by atoms with Crippen molar-refractivity contribution in [3.05, 3.63) is 69.8 Å². The van der Waals surface area contributed by atoms with E-state index >= 15 is 0 Å². The van der Waals surface area contributed by atoms with E-state index in [2.05, 4.69) is 50.2 Å². The maximum absolute atomic E-state index is 10.3. The third-order valence-electron chi connectivity index (χ3n) is 6.37. The zero-order valence-electron chi connectivity index (χ0n) is 17.0. The Balaban J connectivity index is 1.65. The predicted octanol–water partition coefficient (Wildman–Crippen LogP) is 4.60. The van der Waals surface area contributed by atoms with Crippen molar-refractivity contribution in [1.29, 1.82) is 0 Å². The fraction of sp³-hybridized carbons (Fsp3) is 0.520. The zero-order valence-corrected chi connectivity index (χ0v) is 17.0. The van der Waals surface area contributed by atoms with Crippen molar-refractivity contribution >= 4 is 0 Å². The molecule has 1 saturated heterocycles. The van der Waals surface area contributed by atoms with Crippen molar-refractivity contribution < 1.29 is 14.9 Å². The molecule has 3 unspecified atom stereocenters. The second-order valence-electron chi connectivity index (χ2n) is 8.57. The van der Waals surface area contributed by atoms with Crippen molar-refractivity contribution in [2.45, 2.75) is 76.6 Å². The molecule has 150 valence electrons. The summed E-state index contributed by atoms with van der Waals surface area (Å²) in [7, 11) is 0. The molecule has 0 radical (unpaired) electrons. The summed E-state index contributed by atoms with van der Waals surface area (Å²) in [5.74, 6) is 0.670. The molecule has 0 bridgehead atoms. The van der Waals surface area contributed by atoms with Gasteiger partial charge >= 0.3 is 0 Å². The highest BCUT2D eigenvalue weighted by Crippen LogP contribution is 2.44. The lowest BCUT2D eigenvalue weighted by atomic mass is 9.88. The van der Waals surface area contributed by atoms with E-state index in [0.717, 1.165) is 18.4 Å². The smallest absolute Gasteiger partial charge is 0.0854 e. The molecule has 0 spiro atoms. The second-order valence-corrected chi connectivity index (χ2v) is 8.57. The van der Waals surface area contributed by atoms with Gasteiger partial charge in [-0.2, -0.15) is 0 Å². The highest BCUT2D eigenvalue weighted by atomic mass is 16.5. The van der Waals surface area contributed by atoms with Crippen LogP contribution in [0.4, 0.5) is 0 Å². The molecule has 28 heavy (non-hydrogen) atoms. The van der Waals surface area contributed by atoms with Crippen LogP contribution in [0.15, 0.2) is 36.4 Å². The number of ether oxygens (including phenoxy) is 1. The average Bonchev–Trinajstić information content (AvgIpc) is 3.54. The van der Waals surface area contributed by atoms with Crippen LogP contribution in [0.5, 0.6) is 0 Å². The summed E-state index contributed by atoms with van der Waals surface area (Å²) in [6.07, 6.45) is 4.82. The molecular weight excluding hydrogens is 348 g/mol. The molecule has 2 aromatic carbocycles. The van der Waals surface area contributed by atoms with Crippen LogP contribution in [0.25, 0.3) is 0 Å². The van der Waals surface area contributed by atoms with Gasteiger partial charge in [0.25, 0.3) is 0 Å². The average molecular weight is 381 g/mol. The van der Waals surface area contributed by atoms with Gasteiger partial charge in [-0.25, -0.2) is 0 Å². The van der Waals surface area contributed by atoms with Gasteiger partial charge in [-0.1, -0.05) is 43.3 Å². The Morgan fingerprint density at radius 1 is 1.04 bits per heavy atom. The van der Waals surface area contributed by atoms with E-state index in [9.17, 15) is 10.2 Å². The Morgan fingerprint density at radius 2 is 1.75 bits per heavy atom. The molecule has 2 fully saturated rings. The molecule has 0 aromatic heterocycles. The number of hydrogen-bond acceptors (Lipinski definition) is 3. The summed E-state index contributed by atoms with van der Waals surface area (Å²) in [5, 5.41) is 19.8. The molecule has 1 heterocycles. The molecule has 2 aliphatic rings. The van der Waals surface area contributed by atoms with Crippen molar-refractivity contribution in [3.8, 4) is 0 Å². The summed E-state index contributed by atoms with van der Waals surface area (Å²) in [5.41, 5.74) is 8.06. The first-order chi connectivity index (χ1) is 13.6. The van der Waals surface area contributed by atoms with Crippen LogP contribution < -0.4 is 0 Å². The Hall–Kier alpha value is -1.68. The topological polar surface area (TPSA) is 49.7 Å². The number of aliphatic hydroxyl groups is 2. The lowest BCUT2D eigenvalue weighted by Gasteiger charge is -2.33. The van der Waals surface area contributed by atoms with Gasteiger partial charge in [-0.05, 0) is 71.9 Å². The van der Waals surface area contributed by atoms with Crippen LogP contribution in [0.3, 0.4) is 0 Å². The van der Waals surface area contributed by atoms with Gasteiger partial charge < -0.3 is 14.9 Å². The Kier molecular flexibility index (Phi) is 5.86. The Morgan fingerprint density at radius 3 is 2.39 bits per heavy atom. The van der Waals surface area contributed by atoms with Crippen LogP contribution in [-0.4, -0.2) is 29.0 Å². The van der Waals surface area contributed by atoms with E-state index in [1.165, 1.54) is 40.7 Å². The van der Waals surface area contributed by atoms with Gasteiger partial charge in [0.05, 0.1) is 24.9 Å². The summed E-state index contributed by atoms with van der Waals surface area (Å²) >= 11 is 0. The van der Waals surface area contributed by atoms with Gasteiger partial charge in [0.15, 0.2) is 0 Å². The van der Waals surface area contributed by atoms with Crippen molar-refractivity contribution in [2.24, 2.45) is 0 Å². The highest BCUT2D eigenvalue weighted by molar-refractivity contribution is 5.45. The van der Waals surface area contributed by atoms with Crippen LogP contribution in [0.1, 0.15) is 78.0 Å². The molecule has 4 rings (SSSR count). The lowest BCUT2D eigenvalue weighted by molar-refractivity contribution is -0.113. The first kappa shape index (κ1) is 19.6. The quantitative estimate of drug-likeness (QED) is 0.770. The van der Waals surface area contributed by atoms with Gasteiger partial charge in [-0.15, -0.1) is 0 Å². The van der Waals surface area contributed by atoms with E-state index < -0.39 is 6.10 Å². The molecule has 1 aliphatic heterocycles. The number of benzene rings is 2. The summed E-state index contributed by atoms with van der Waals surface area (Å²) < 4.78 is 6.11. The third kappa shape index (κ3) is 4.32. The molecular formula is C25H32O3. The number of aliphatic hydroxyl groups excluding tert-OH is 2. The monoisotopic (exact) mass is 380 g/mol. The first-order valence-corrected chi connectivity index (χ1v) is 10.7. The van der Waals surface area contributed by atoms with Gasteiger partial charge in [0, 0.05) is 12.8 Å². The molecule has 0 amide bonds. The summed E-state index contributed by atoms with van der Waals surface area (Å²) in [4.78, 5) is 0. The third-order valence-corrected chi connectivity index (χ3v) is 6.37. The van der Waals surface area contributed by atoms with Crippen LogP contribution in [0.2, 0.25) is 0 Å². The Bertz CT molecular complexity index is 807.